The molecule has 0 aromatic rings. The fourth-order valence-electron chi connectivity index (χ4n) is 2.66. The molecule has 0 aromatic heterocycles. The van der Waals surface area contributed by atoms with Crippen LogP contribution in [0.2, 0.25) is 0 Å². The number of hydrogen-bond donors (Lipinski definition) is 4. The Morgan fingerprint density at radius 3 is 2.72 bits per heavy atom. The molecule has 18 heavy (non-hydrogen) atoms. The highest BCUT2D eigenvalue weighted by atomic mass is 16.3. The third kappa shape index (κ3) is 3.93. The molecule has 0 aromatic carbocycles. The van der Waals surface area contributed by atoms with Crippen LogP contribution >= 0.6 is 0 Å². The fourth-order valence-corrected chi connectivity index (χ4v) is 2.66. The molecule has 0 radical (unpaired) electrons. The van der Waals surface area contributed by atoms with E-state index in [9.17, 15) is 15.0 Å². The van der Waals surface area contributed by atoms with Gasteiger partial charge in [-0.05, 0) is 6.42 Å². The number of amides is 1. The Labute approximate surface area is 109 Å². The van der Waals surface area contributed by atoms with E-state index in [-0.39, 0.29) is 5.91 Å². The second-order valence-corrected chi connectivity index (χ2v) is 5.29. The lowest BCUT2D eigenvalue weighted by atomic mass is 9.80. The first-order valence-electron chi connectivity index (χ1n) is 6.87. The standard InChI is InChI=1S/C13H26N2O3/c1-3-4-5-6-7-13(15-10(2)16)9-14-8-11(17)12(13)18/h11-12,14,17-18H,3-9H2,1-2H3,(H,15,16)/t11-,12+,13+/m1/s1. The van der Waals surface area contributed by atoms with Crippen molar-refractivity contribution in [3.05, 3.63) is 0 Å². The molecule has 0 spiro atoms. The molecule has 4 N–H and O–H groups in total. The number of hydrogen-bond acceptors (Lipinski definition) is 4. The van der Waals surface area contributed by atoms with E-state index in [0.29, 0.717) is 19.5 Å². The van der Waals surface area contributed by atoms with Crippen LogP contribution < -0.4 is 10.6 Å². The van der Waals surface area contributed by atoms with Crippen molar-refractivity contribution >= 4 is 5.91 Å². The minimum atomic E-state index is -0.899. The second-order valence-electron chi connectivity index (χ2n) is 5.29. The average Bonchev–Trinajstić information content (AvgIpc) is 2.31. The Kier molecular flexibility index (Phi) is 6.05. The molecule has 0 aliphatic carbocycles. The fraction of sp³-hybridized carbons (Fsp3) is 0.923. The Bertz CT molecular complexity index is 273. The molecule has 5 nitrogen and oxygen atoms in total. The van der Waals surface area contributed by atoms with Crippen molar-refractivity contribution in [3.8, 4) is 0 Å². The van der Waals surface area contributed by atoms with Crippen molar-refractivity contribution in [1.82, 2.24) is 10.6 Å². The maximum absolute atomic E-state index is 11.3. The van der Waals surface area contributed by atoms with E-state index in [1.807, 2.05) is 0 Å². The number of aliphatic hydroxyl groups excluding tert-OH is 2. The summed E-state index contributed by atoms with van der Waals surface area (Å²) in [5.74, 6) is -0.166. The van der Waals surface area contributed by atoms with Crippen molar-refractivity contribution in [3.63, 3.8) is 0 Å². The summed E-state index contributed by atoms with van der Waals surface area (Å²) in [4.78, 5) is 11.3. The molecular formula is C13H26N2O3. The SMILES string of the molecule is CCCCCC[C@]1(NC(C)=O)CNC[C@@H](O)[C@@H]1O. The van der Waals surface area contributed by atoms with Gasteiger partial charge in [0.25, 0.3) is 0 Å². The molecule has 3 atom stereocenters. The van der Waals surface area contributed by atoms with Gasteiger partial charge in [-0.1, -0.05) is 32.6 Å². The van der Waals surface area contributed by atoms with Gasteiger partial charge in [-0.3, -0.25) is 4.79 Å². The first-order valence-corrected chi connectivity index (χ1v) is 6.87. The number of piperidine rings is 1. The summed E-state index contributed by atoms with van der Waals surface area (Å²) < 4.78 is 0. The molecule has 0 saturated carbocycles. The highest BCUT2D eigenvalue weighted by molar-refractivity contribution is 5.74. The molecule has 1 fully saturated rings. The molecule has 1 saturated heterocycles. The molecular weight excluding hydrogens is 232 g/mol. The van der Waals surface area contributed by atoms with Crippen LogP contribution in [0.3, 0.4) is 0 Å². The summed E-state index contributed by atoms with van der Waals surface area (Å²) in [6.07, 6.45) is 3.30. The van der Waals surface area contributed by atoms with Gasteiger partial charge in [-0.25, -0.2) is 0 Å². The van der Waals surface area contributed by atoms with Gasteiger partial charge in [0.2, 0.25) is 5.91 Å². The Hall–Kier alpha value is -0.650. The van der Waals surface area contributed by atoms with Crippen LogP contribution in [-0.4, -0.2) is 47.0 Å². The zero-order valence-electron chi connectivity index (χ0n) is 11.4. The number of carbonyl (C=O) groups is 1. The molecule has 106 valence electrons. The van der Waals surface area contributed by atoms with Crippen LogP contribution in [0.1, 0.15) is 46.0 Å². The van der Waals surface area contributed by atoms with E-state index in [0.717, 1.165) is 25.7 Å². The highest BCUT2D eigenvalue weighted by Gasteiger charge is 2.44. The quantitative estimate of drug-likeness (QED) is 0.511. The van der Waals surface area contributed by atoms with Crippen molar-refractivity contribution in [1.29, 1.82) is 0 Å². The monoisotopic (exact) mass is 258 g/mol. The number of aliphatic hydroxyl groups is 2. The van der Waals surface area contributed by atoms with Crippen molar-refractivity contribution in [2.75, 3.05) is 13.1 Å². The van der Waals surface area contributed by atoms with Crippen LogP contribution in [0, 0.1) is 0 Å². The van der Waals surface area contributed by atoms with Crippen LogP contribution in [0.15, 0.2) is 0 Å². The second kappa shape index (κ2) is 7.07. The number of nitrogens with one attached hydrogen (secondary N) is 2. The van der Waals surface area contributed by atoms with Crippen LogP contribution in [0.25, 0.3) is 0 Å². The minimum absolute atomic E-state index is 0.166. The molecule has 1 rings (SSSR count). The predicted octanol–water partition coefficient (Wildman–Crippen LogP) is 0.157. The first-order chi connectivity index (χ1) is 8.52. The van der Waals surface area contributed by atoms with Crippen molar-refractivity contribution in [2.45, 2.75) is 63.7 Å². The topological polar surface area (TPSA) is 81.6 Å². The van der Waals surface area contributed by atoms with Crippen LogP contribution in [0.4, 0.5) is 0 Å². The Balaban J connectivity index is 2.64. The maximum Gasteiger partial charge on any atom is 0.217 e. The third-order valence-electron chi connectivity index (χ3n) is 3.63. The first kappa shape index (κ1) is 15.4. The van der Waals surface area contributed by atoms with Crippen LogP contribution in [-0.2, 0) is 4.79 Å². The molecule has 1 heterocycles. The summed E-state index contributed by atoms with van der Waals surface area (Å²) in [6.45, 7) is 4.47. The third-order valence-corrected chi connectivity index (χ3v) is 3.63. The van der Waals surface area contributed by atoms with Gasteiger partial charge in [0.05, 0.1) is 11.6 Å². The lowest BCUT2D eigenvalue weighted by molar-refractivity contribution is -0.126. The van der Waals surface area contributed by atoms with E-state index in [4.69, 9.17) is 0 Å². The average molecular weight is 258 g/mol. The lowest BCUT2D eigenvalue weighted by Crippen LogP contribution is -2.69. The maximum atomic E-state index is 11.3. The molecule has 1 aliphatic rings. The number of unbranched alkanes of at least 4 members (excludes halogenated alkanes) is 3. The van der Waals surface area contributed by atoms with Crippen molar-refractivity contribution in [2.24, 2.45) is 0 Å². The van der Waals surface area contributed by atoms with Gasteiger partial charge in [0.1, 0.15) is 6.10 Å². The Morgan fingerprint density at radius 2 is 2.11 bits per heavy atom. The summed E-state index contributed by atoms with van der Waals surface area (Å²) in [7, 11) is 0. The molecule has 1 amide bonds. The van der Waals surface area contributed by atoms with Gasteiger partial charge < -0.3 is 20.8 Å². The van der Waals surface area contributed by atoms with E-state index < -0.39 is 17.7 Å². The van der Waals surface area contributed by atoms with Gasteiger partial charge in [-0.2, -0.15) is 0 Å². The zero-order chi connectivity index (χ0) is 13.6. The largest absolute Gasteiger partial charge is 0.389 e. The normalized spacial score (nSPS) is 32.2. The predicted molar refractivity (Wildman–Crippen MR) is 70.2 cm³/mol. The smallest absolute Gasteiger partial charge is 0.217 e. The molecule has 5 heteroatoms. The number of β-amino-alcohol motifs (C(OH)–C–C–N with tert-alkyl or cyclic N) is 1. The molecule has 1 aliphatic heterocycles. The van der Waals surface area contributed by atoms with E-state index >= 15 is 0 Å². The van der Waals surface area contributed by atoms with Gasteiger partial charge in [0, 0.05) is 20.0 Å². The van der Waals surface area contributed by atoms with E-state index in [1.54, 1.807) is 0 Å². The van der Waals surface area contributed by atoms with Gasteiger partial charge in [0.15, 0.2) is 0 Å². The van der Waals surface area contributed by atoms with Crippen molar-refractivity contribution < 1.29 is 15.0 Å². The molecule has 0 unspecified atom stereocenters. The van der Waals surface area contributed by atoms with E-state index in [2.05, 4.69) is 17.6 Å². The minimum Gasteiger partial charge on any atom is -0.389 e. The van der Waals surface area contributed by atoms with Crippen LogP contribution in [0.5, 0.6) is 0 Å². The van der Waals surface area contributed by atoms with E-state index in [1.165, 1.54) is 6.92 Å². The van der Waals surface area contributed by atoms with Gasteiger partial charge in [-0.15, -0.1) is 0 Å². The zero-order valence-corrected chi connectivity index (χ0v) is 11.4. The lowest BCUT2D eigenvalue weighted by Gasteiger charge is -2.44. The summed E-state index contributed by atoms with van der Waals surface area (Å²) in [5.41, 5.74) is -0.725. The van der Waals surface area contributed by atoms with Gasteiger partial charge >= 0.3 is 0 Å². The summed E-state index contributed by atoms with van der Waals surface area (Å²) in [6, 6.07) is 0. The summed E-state index contributed by atoms with van der Waals surface area (Å²) >= 11 is 0. The number of carbonyl (C=O) groups excluding carboxylic acids is 1. The Morgan fingerprint density at radius 1 is 1.39 bits per heavy atom. The molecule has 0 bridgehead atoms. The highest BCUT2D eigenvalue weighted by Crippen LogP contribution is 2.24. The summed E-state index contributed by atoms with van der Waals surface area (Å²) in [5, 5.41) is 25.9. The number of rotatable bonds is 6.